The fourth-order valence-corrected chi connectivity index (χ4v) is 1.33. The zero-order valence-corrected chi connectivity index (χ0v) is 9.71. The Labute approximate surface area is 103 Å². The van der Waals surface area contributed by atoms with Gasteiger partial charge in [0.2, 0.25) is 5.89 Å². The number of methoxy groups -OCH3 is 1. The number of nitrogens with two attached hydrogens (primary N) is 1. The van der Waals surface area contributed by atoms with E-state index in [4.69, 9.17) is 10.2 Å². The summed E-state index contributed by atoms with van der Waals surface area (Å²) in [6, 6.07) is 3.08. The van der Waals surface area contributed by atoms with Crippen LogP contribution in [0.25, 0.3) is 0 Å². The van der Waals surface area contributed by atoms with Crippen molar-refractivity contribution in [1.82, 2.24) is 9.97 Å². The van der Waals surface area contributed by atoms with E-state index in [-0.39, 0.29) is 5.69 Å². The van der Waals surface area contributed by atoms with Gasteiger partial charge in [0.1, 0.15) is 6.26 Å². The van der Waals surface area contributed by atoms with E-state index in [1.54, 1.807) is 12.3 Å². The van der Waals surface area contributed by atoms with E-state index < -0.39 is 5.97 Å². The van der Waals surface area contributed by atoms with E-state index in [0.717, 1.165) is 0 Å². The third-order valence-corrected chi connectivity index (χ3v) is 2.21. The minimum atomic E-state index is -0.519. The number of oxazole rings is 1. The first kappa shape index (κ1) is 11.9. The van der Waals surface area contributed by atoms with Gasteiger partial charge >= 0.3 is 5.97 Å². The minimum absolute atomic E-state index is 0.182. The topological polar surface area (TPSA) is 103 Å². The first-order valence-electron chi connectivity index (χ1n) is 5.18. The van der Waals surface area contributed by atoms with Gasteiger partial charge in [0.15, 0.2) is 11.5 Å². The predicted molar refractivity (Wildman–Crippen MR) is 63.8 cm³/mol. The van der Waals surface area contributed by atoms with E-state index in [0.29, 0.717) is 23.9 Å². The lowest BCUT2D eigenvalue weighted by atomic mass is 10.3. The molecule has 2 aromatic heterocycles. The molecular formula is C11H12N4O3. The molecule has 0 atom stereocenters. The third kappa shape index (κ3) is 2.57. The number of nitrogens with one attached hydrogen (secondary N) is 1. The molecule has 94 valence electrons. The highest BCUT2D eigenvalue weighted by atomic mass is 16.5. The van der Waals surface area contributed by atoms with Crippen LogP contribution in [0.1, 0.15) is 16.4 Å². The van der Waals surface area contributed by atoms with Crippen molar-refractivity contribution in [2.75, 3.05) is 18.2 Å². The quantitative estimate of drug-likeness (QED) is 0.779. The number of rotatable bonds is 4. The van der Waals surface area contributed by atoms with Crippen LogP contribution in [0.5, 0.6) is 0 Å². The maximum absolute atomic E-state index is 11.3. The second-order valence-corrected chi connectivity index (χ2v) is 3.41. The number of nitrogen functional groups attached to an aromatic ring is 1. The average molecular weight is 248 g/mol. The van der Waals surface area contributed by atoms with Gasteiger partial charge in [-0.25, -0.2) is 14.8 Å². The lowest BCUT2D eigenvalue weighted by Crippen LogP contribution is -2.10. The molecular weight excluding hydrogens is 236 g/mol. The maximum Gasteiger partial charge on any atom is 0.356 e. The van der Waals surface area contributed by atoms with Crippen LogP contribution in [0.4, 0.5) is 11.5 Å². The van der Waals surface area contributed by atoms with Crippen LogP contribution < -0.4 is 11.1 Å². The van der Waals surface area contributed by atoms with Gasteiger partial charge in [0, 0.05) is 0 Å². The number of nitrogens with zero attached hydrogens (tertiary/aromatic N) is 2. The molecule has 0 aliphatic heterocycles. The monoisotopic (exact) mass is 248 g/mol. The zero-order valence-electron chi connectivity index (χ0n) is 9.71. The number of carbonyl (C=O) groups is 1. The molecule has 0 radical (unpaired) electrons. The average Bonchev–Trinajstić information content (AvgIpc) is 2.90. The molecule has 0 aliphatic rings. The molecule has 0 saturated carbocycles. The molecule has 0 aliphatic carbocycles. The van der Waals surface area contributed by atoms with Gasteiger partial charge in [0.25, 0.3) is 0 Å². The summed E-state index contributed by atoms with van der Waals surface area (Å²) in [4.78, 5) is 19.3. The normalized spacial score (nSPS) is 10.1. The van der Waals surface area contributed by atoms with Crippen molar-refractivity contribution in [2.45, 2.75) is 6.54 Å². The van der Waals surface area contributed by atoms with E-state index in [1.165, 1.54) is 19.4 Å². The molecule has 7 heteroatoms. The van der Waals surface area contributed by atoms with Crippen LogP contribution in [0, 0.1) is 0 Å². The molecule has 2 rings (SSSR count). The van der Waals surface area contributed by atoms with Crippen molar-refractivity contribution < 1.29 is 13.9 Å². The van der Waals surface area contributed by atoms with Crippen LogP contribution in [-0.4, -0.2) is 23.0 Å². The molecule has 2 aromatic rings. The lowest BCUT2D eigenvalue weighted by molar-refractivity contribution is 0.0594. The Kier molecular flexibility index (Phi) is 3.42. The van der Waals surface area contributed by atoms with Crippen molar-refractivity contribution in [2.24, 2.45) is 0 Å². The number of carbonyl (C=O) groups excluding carboxylic acids is 1. The molecule has 0 fully saturated rings. The van der Waals surface area contributed by atoms with Crippen LogP contribution in [0.15, 0.2) is 29.0 Å². The SMILES string of the molecule is COC(=O)c1ccc(N)c(NCc2ncco2)n1. The Bertz CT molecular complexity index is 539. The lowest BCUT2D eigenvalue weighted by Gasteiger charge is -2.07. The summed E-state index contributed by atoms with van der Waals surface area (Å²) in [6.45, 7) is 0.328. The molecule has 18 heavy (non-hydrogen) atoms. The fraction of sp³-hybridized carbons (Fsp3) is 0.182. The Hall–Kier alpha value is -2.57. The van der Waals surface area contributed by atoms with Gasteiger partial charge in [-0.15, -0.1) is 0 Å². The number of esters is 1. The number of pyridine rings is 1. The molecule has 0 aromatic carbocycles. The van der Waals surface area contributed by atoms with E-state index >= 15 is 0 Å². The summed E-state index contributed by atoms with van der Waals surface area (Å²) in [6.07, 6.45) is 3.01. The van der Waals surface area contributed by atoms with Crippen molar-refractivity contribution in [3.63, 3.8) is 0 Å². The Balaban J connectivity index is 2.13. The highest BCUT2D eigenvalue weighted by Crippen LogP contribution is 2.16. The second kappa shape index (κ2) is 5.17. The van der Waals surface area contributed by atoms with Gasteiger partial charge in [-0.05, 0) is 12.1 Å². The largest absolute Gasteiger partial charge is 0.464 e. The summed E-state index contributed by atoms with van der Waals surface area (Å²) < 4.78 is 9.64. The molecule has 2 heterocycles. The van der Waals surface area contributed by atoms with Crippen molar-refractivity contribution in [3.8, 4) is 0 Å². The number of ether oxygens (including phenoxy) is 1. The summed E-state index contributed by atoms with van der Waals surface area (Å²) in [5.41, 5.74) is 6.35. The molecule has 0 bridgehead atoms. The molecule has 0 amide bonds. The van der Waals surface area contributed by atoms with Crippen LogP contribution >= 0.6 is 0 Å². The standard InChI is InChI=1S/C11H12N4O3/c1-17-11(16)8-3-2-7(12)10(15-8)14-6-9-13-4-5-18-9/h2-5H,6,12H2,1H3,(H,14,15). The van der Waals surface area contributed by atoms with Crippen molar-refractivity contribution in [3.05, 3.63) is 36.2 Å². The Morgan fingerprint density at radius 3 is 3.06 bits per heavy atom. The zero-order chi connectivity index (χ0) is 13.0. The maximum atomic E-state index is 11.3. The molecule has 0 unspecified atom stereocenters. The number of anilines is 2. The molecule has 0 saturated heterocycles. The van der Waals surface area contributed by atoms with Gasteiger partial charge in [0.05, 0.1) is 25.5 Å². The highest BCUT2D eigenvalue weighted by molar-refractivity contribution is 5.88. The molecule has 3 N–H and O–H groups in total. The summed E-state index contributed by atoms with van der Waals surface area (Å²) in [5.74, 6) is 0.366. The number of hydrogen-bond acceptors (Lipinski definition) is 7. The summed E-state index contributed by atoms with van der Waals surface area (Å²) >= 11 is 0. The minimum Gasteiger partial charge on any atom is -0.464 e. The first-order valence-corrected chi connectivity index (χ1v) is 5.18. The predicted octanol–water partition coefficient (Wildman–Crippen LogP) is 1.05. The number of aromatic nitrogens is 2. The Morgan fingerprint density at radius 2 is 2.39 bits per heavy atom. The van der Waals surface area contributed by atoms with Gasteiger partial charge in [-0.2, -0.15) is 0 Å². The van der Waals surface area contributed by atoms with E-state index in [2.05, 4.69) is 20.0 Å². The molecule has 7 nitrogen and oxygen atoms in total. The van der Waals surface area contributed by atoms with Crippen molar-refractivity contribution >= 4 is 17.5 Å². The third-order valence-electron chi connectivity index (χ3n) is 2.21. The smallest absolute Gasteiger partial charge is 0.356 e. The van der Waals surface area contributed by atoms with Gasteiger partial charge in [-0.1, -0.05) is 0 Å². The molecule has 0 spiro atoms. The van der Waals surface area contributed by atoms with Crippen molar-refractivity contribution in [1.29, 1.82) is 0 Å². The summed E-state index contributed by atoms with van der Waals surface area (Å²) in [5, 5.41) is 2.93. The fourth-order valence-electron chi connectivity index (χ4n) is 1.33. The van der Waals surface area contributed by atoms with Crippen LogP contribution in [-0.2, 0) is 11.3 Å². The number of hydrogen-bond donors (Lipinski definition) is 2. The first-order chi connectivity index (χ1) is 8.70. The van der Waals surface area contributed by atoms with E-state index in [9.17, 15) is 4.79 Å². The van der Waals surface area contributed by atoms with Crippen LogP contribution in [0.2, 0.25) is 0 Å². The van der Waals surface area contributed by atoms with Crippen LogP contribution in [0.3, 0.4) is 0 Å². The summed E-state index contributed by atoms with van der Waals surface area (Å²) in [7, 11) is 1.29. The second-order valence-electron chi connectivity index (χ2n) is 3.41. The Morgan fingerprint density at radius 1 is 1.56 bits per heavy atom. The highest BCUT2D eigenvalue weighted by Gasteiger charge is 2.10. The van der Waals surface area contributed by atoms with E-state index in [1.807, 2.05) is 0 Å². The van der Waals surface area contributed by atoms with Gasteiger partial charge < -0.3 is 20.2 Å². The van der Waals surface area contributed by atoms with Gasteiger partial charge in [-0.3, -0.25) is 0 Å².